The Kier molecular flexibility index (Phi) is 3.90. The molecule has 0 aliphatic carbocycles. The summed E-state index contributed by atoms with van der Waals surface area (Å²) in [5.41, 5.74) is 0.536. The number of carbonyl (C=O) groups excluding carboxylic acids is 1. The number of halogens is 1. The second kappa shape index (κ2) is 5.32. The molecule has 1 aromatic carbocycles. The first-order valence-corrected chi connectivity index (χ1v) is 6.60. The number of fused-ring (bicyclic) bond motifs is 1. The molecule has 0 N–H and O–H groups in total. The van der Waals surface area contributed by atoms with Gasteiger partial charge in [0.05, 0.1) is 16.4 Å². The van der Waals surface area contributed by atoms with Gasteiger partial charge < -0.3 is 4.74 Å². The Morgan fingerprint density at radius 1 is 1.50 bits per heavy atom. The highest BCUT2D eigenvalue weighted by Crippen LogP contribution is 2.27. The molecule has 1 aromatic heterocycles. The van der Waals surface area contributed by atoms with E-state index in [1.807, 2.05) is 0 Å². The molecule has 2 rings (SSSR count). The van der Waals surface area contributed by atoms with E-state index in [4.69, 9.17) is 16.3 Å². The van der Waals surface area contributed by atoms with Crippen molar-refractivity contribution in [2.45, 2.75) is 26.4 Å². The van der Waals surface area contributed by atoms with E-state index in [9.17, 15) is 4.79 Å². The van der Waals surface area contributed by atoms with Crippen LogP contribution < -0.4 is 0 Å². The minimum atomic E-state index is -0.608. The summed E-state index contributed by atoms with van der Waals surface area (Å²) in [6, 6.07) is 5.06. The number of isothiocyanates is 1. The summed E-state index contributed by atoms with van der Waals surface area (Å²) >= 11 is 10.6. The molecule has 2 aromatic rings. The van der Waals surface area contributed by atoms with E-state index < -0.39 is 11.7 Å². The molecule has 0 fully saturated rings. The Hall–Kier alpha value is -1.75. The van der Waals surface area contributed by atoms with Gasteiger partial charge in [0, 0.05) is 5.39 Å². The Morgan fingerprint density at radius 3 is 2.80 bits per heavy atom. The van der Waals surface area contributed by atoms with Crippen molar-refractivity contribution >= 4 is 51.7 Å². The summed E-state index contributed by atoms with van der Waals surface area (Å²) in [5, 5.41) is 7.07. The molecule has 0 saturated heterocycles. The molecule has 5 nitrogen and oxygen atoms in total. The standard InChI is InChI=1S/C13H12ClN3O2S/c1-13(2,3)19-12(18)17-10-5-4-8(15-7-20)6-9(10)11(14)16-17/h4-6H,1-3H3. The fourth-order valence-corrected chi connectivity index (χ4v) is 1.97. The molecule has 0 aliphatic heterocycles. The quantitative estimate of drug-likeness (QED) is 0.585. The van der Waals surface area contributed by atoms with Crippen LogP contribution >= 0.6 is 23.8 Å². The number of thiocarbonyl (C=S) groups is 1. The molecule has 7 heteroatoms. The normalized spacial score (nSPS) is 11.2. The Labute approximate surface area is 126 Å². The van der Waals surface area contributed by atoms with E-state index in [1.165, 1.54) is 0 Å². The van der Waals surface area contributed by atoms with Gasteiger partial charge >= 0.3 is 6.09 Å². The maximum Gasteiger partial charge on any atom is 0.435 e. The van der Waals surface area contributed by atoms with Crippen LogP contribution in [0.4, 0.5) is 10.5 Å². The zero-order valence-electron chi connectivity index (χ0n) is 11.2. The topological polar surface area (TPSA) is 56.5 Å². The summed E-state index contributed by atoms with van der Waals surface area (Å²) < 4.78 is 6.41. The molecular formula is C13H12ClN3O2S. The number of aliphatic imine (C=N–C) groups is 1. The third-order valence-electron chi connectivity index (χ3n) is 2.36. The number of carbonyl (C=O) groups is 1. The lowest BCUT2D eigenvalue weighted by Crippen LogP contribution is -2.27. The average molecular weight is 310 g/mol. The van der Waals surface area contributed by atoms with Crippen molar-refractivity contribution in [2.75, 3.05) is 0 Å². The maximum atomic E-state index is 12.1. The molecule has 0 amide bonds. The molecule has 0 aliphatic rings. The predicted molar refractivity (Wildman–Crippen MR) is 81.1 cm³/mol. The lowest BCUT2D eigenvalue weighted by atomic mass is 10.2. The van der Waals surface area contributed by atoms with Crippen LogP contribution in [0.25, 0.3) is 10.9 Å². The van der Waals surface area contributed by atoms with Crippen LogP contribution in [0.1, 0.15) is 20.8 Å². The second-order valence-corrected chi connectivity index (χ2v) is 5.63. The molecular weight excluding hydrogens is 298 g/mol. The van der Waals surface area contributed by atoms with Crippen molar-refractivity contribution < 1.29 is 9.53 Å². The smallest absolute Gasteiger partial charge is 0.435 e. The number of hydrogen-bond donors (Lipinski definition) is 0. The Balaban J connectivity index is 2.51. The molecule has 0 spiro atoms. The van der Waals surface area contributed by atoms with E-state index >= 15 is 0 Å². The second-order valence-electron chi connectivity index (χ2n) is 5.09. The van der Waals surface area contributed by atoms with Gasteiger partial charge in [-0.1, -0.05) is 11.6 Å². The van der Waals surface area contributed by atoms with Crippen LogP contribution in [0.3, 0.4) is 0 Å². The fourth-order valence-electron chi connectivity index (χ4n) is 1.64. The summed E-state index contributed by atoms with van der Waals surface area (Å²) in [7, 11) is 0. The van der Waals surface area contributed by atoms with Gasteiger partial charge in [-0.3, -0.25) is 0 Å². The number of nitrogens with zero attached hydrogens (tertiary/aromatic N) is 3. The molecule has 20 heavy (non-hydrogen) atoms. The van der Waals surface area contributed by atoms with Gasteiger partial charge in [-0.15, -0.1) is 5.10 Å². The summed E-state index contributed by atoms with van der Waals surface area (Å²) in [6.07, 6.45) is -0.583. The molecule has 0 bridgehead atoms. The minimum absolute atomic E-state index is 0.201. The minimum Gasteiger partial charge on any atom is -0.442 e. The third-order valence-corrected chi connectivity index (χ3v) is 2.73. The van der Waals surface area contributed by atoms with E-state index in [2.05, 4.69) is 27.5 Å². The molecule has 104 valence electrons. The number of ether oxygens (including phenoxy) is 1. The highest BCUT2D eigenvalue weighted by Gasteiger charge is 2.21. The van der Waals surface area contributed by atoms with Crippen LogP contribution in [-0.4, -0.2) is 26.6 Å². The number of aromatic nitrogens is 2. The van der Waals surface area contributed by atoms with Crippen molar-refractivity contribution in [3.8, 4) is 0 Å². The zero-order valence-corrected chi connectivity index (χ0v) is 12.7. The van der Waals surface area contributed by atoms with Gasteiger partial charge in [0.25, 0.3) is 0 Å². The van der Waals surface area contributed by atoms with E-state index in [0.29, 0.717) is 16.6 Å². The molecule has 0 unspecified atom stereocenters. The summed E-state index contributed by atoms with van der Waals surface area (Å²) in [6.45, 7) is 5.35. The SMILES string of the molecule is CC(C)(C)OC(=O)n1nc(Cl)c2cc(N=C=S)ccc21. The average Bonchev–Trinajstić information content (AvgIpc) is 2.65. The first-order chi connectivity index (χ1) is 9.31. The van der Waals surface area contributed by atoms with Gasteiger partial charge in [0.1, 0.15) is 5.60 Å². The maximum absolute atomic E-state index is 12.1. The monoisotopic (exact) mass is 309 g/mol. The Morgan fingerprint density at radius 2 is 2.20 bits per heavy atom. The fraction of sp³-hybridized carbons (Fsp3) is 0.308. The number of benzene rings is 1. The van der Waals surface area contributed by atoms with Crippen LogP contribution in [0, 0.1) is 0 Å². The van der Waals surface area contributed by atoms with Crippen LogP contribution in [-0.2, 0) is 4.74 Å². The highest BCUT2D eigenvalue weighted by atomic mass is 35.5. The predicted octanol–water partition coefficient (Wildman–Crippen LogP) is 4.21. The van der Waals surface area contributed by atoms with Crippen molar-refractivity contribution in [1.29, 1.82) is 0 Å². The van der Waals surface area contributed by atoms with E-state index in [1.54, 1.807) is 39.0 Å². The summed E-state index contributed by atoms with van der Waals surface area (Å²) in [4.78, 5) is 15.9. The van der Waals surface area contributed by atoms with Crippen LogP contribution in [0.15, 0.2) is 23.2 Å². The highest BCUT2D eigenvalue weighted by molar-refractivity contribution is 7.78. The third kappa shape index (κ3) is 3.04. The van der Waals surface area contributed by atoms with Crippen LogP contribution in [0.2, 0.25) is 5.15 Å². The van der Waals surface area contributed by atoms with Gasteiger partial charge in [0.15, 0.2) is 5.15 Å². The first-order valence-electron chi connectivity index (χ1n) is 5.81. The van der Waals surface area contributed by atoms with E-state index in [-0.39, 0.29) is 5.15 Å². The summed E-state index contributed by atoms with van der Waals surface area (Å²) in [5.74, 6) is 0. The van der Waals surface area contributed by atoms with Crippen molar-refractivity contribution in [3.05, 3.63) is 23.4 Å². The Bertz CT molecular complexity index is 727. The largest absolute Gasteiger partial charge is 0.442 e. The molecule has 0 radical (unpaired) electrons. The number of hydrogen-bond acceptors (Lipinski definition) is 5. The zero-order chi connectivity index (χ0) is 14.9. The molecule has 1 heterocycles. The molecule has 0 atom stereocenters. The van der Waals surface area contributed by atoms with Crippen LogP contribution in [0.5, 0.6) is 0 Å². The van der Waals surface area contributed by atoms with Crippen molar-refractivity contribution in [2.24, 2.45) is 4.99 Å². The van der Waals surface area contributed by atoms with Gasteiger partial charge in [0.2, 0.25) is 0 Å². The molecule has 0 saturated carbocycles. The lowest BCUT2D eigenvalue weighted by molar-refractivity contribution is 0.0523. The van der Waals surface area contributed by atoms with E-state index in [0.717, 1.165) is 4.68 Å². The first kappa shape index (κ1) is 14.7. The van der Waals surface area contributed by atoms with Gasteiger partial charge in [-0.05, 0) is 51.2 Å². The van der Waals surface area contributed by atoms with Gasteiger partial charge in [-0.25, -0.2) is 4.79 Å². The van der Waals surface area contributed by atoms with Gasteiger partial charge in [-0.2, -0.15) is 9.67 Å². The number of rotatable bonds is 1. The van der Waals surface area contributed by atoms with Crippen molar-refractivity contribution in [1.82, 2.24) is 9.78 Å². The lowest BCUT2D eigenvalue weighted by Gasteiger charge is -2.19. The van der Waals surface area contributed by atoms with Crippen molar-refractivity contribution in [3.63, 3.8) is 0 Å².